The summed E-state index contributed by atoms with van der Waals surface area (Å²) in [6.45, 7) is 2.02. The summed E-state index contributed by atoms with van der Waals surface area (Å²) in [5.41, 5.74) is 0.338. The molecule has 0 saturated heterocycles. The van der Waals surface area contributed by atoms with Crippen molar-refractivity contribution in [1.29, 1.82) is 0 Å². The Kier molecular flexibility index (Phi) is 5.35. The highest BCUT2D eigenvalue weighted by Gasteiger charge is 2.15. The number of esters is 1. The Balaban J connectivity index is 2.72. The fourth-order valence-corrected chi connectivity index (χ4v) is 1.73. The first-order valence-corrected chi connectivity index (χ1v) is 5.65. The van der Waals surface area contributed by atoms with Gasteiger partial charge >= 0.3 is 5.97 Å². The minimum Gasteiger partial charge on any atom is -0.466 e. The van der Waals surface area contributed by atoms with Crippen molar-refractivity contribution < 1.29 is 18.3 Å². The van der Waals surface area contributed by atoms with Gasteiger partial charge in [0.1, 0.15) is 0 Å². The van der Waals surface area contributed by atoms with Crippen LogP contribution >= 0.6 is 11.6 Å². The van der Waals surface area contributed by atoms with Crippen LogP contribution in [0, 0.1) is 0 Å². The molecule has 5 heteroatoms. The molecule has 94 valence electrons. The van der Waals surface area contributed by atoms with Crippen LogP contribution in [0.4, 0.5) is 8.78 Å². The zero-order chi connectivity index (χ0) is 12.8. The van der Waals surface area contributed by atoms with Crippen molar-refractivity contribution in [2.75, 3.05) is 6.61 Å². The lowest BCUT2D eigenvalue weighted by molar-refractivity contribution is -0.143. The number of alkyl halides is 2. The van der Waals surface area contributed by atoms with E-state index in [1.807, 2.05) is 0 Å². The quantitative estimate of drug-likeness (QED) is 0.755. The number of halogens is 3. The molecule has 0 aliphatic heterocycles. The summed E-state index contributed by atoms with van der Waals surface area (Å²) < 4.78 is 29.9. The van der Waals surface area contributed by atoms with E-state index in [0.717, 1.165) is 0 Å². The van der Waals surface area contributed by atoms with Gasteiger partial charge in [-0.25, -0.2) is 8.78 Å². The van der Waals surface area contributed by atoms with Crippen LogP contribution in [-0.2, 0) is 16.0 Å². The van der Waals surface area contributed by atoms with Gasteiger partial charge in [0.25, 0.3) is 6.43 Å². The molecular formula is C12H13ClF2O2. The molecule has 17 heavy (non-hydrogen) atoms. The second-order valence-corrected chi connectivity index (χ2v) is 3.80. The molecule has 0 aliphatic carbocycles. The third-order valence-electron chi connectivity index (χ3n) is 2.25. The van der Waals surface area contributed by atoms with E-state index in [9.17, 15) is 13.6 Å². The molecule has 0 amide bonds. The third-order valence-corrected chi connectivity index (χ3v) is 2.71. The highest BCUT2D eigenvalue weighted by Crippen LogP contribution is 2.30. The minimum absolute atomic E-state index is 0.0341. The molecule has 0 aromatic heterocycles. The lowest BCUT2D eigenvalue weighted by Gasteiger charge is -2.08. The fraction of sp³-hybridized carbons (Fsp3) is 0.417. The van der Waals surface area contributed by atoms with E-state index in [1.165, 1.54) is 12.1 Å². The molecule has 0 bridgehead atoms. The average molecular weight is 263 g/mol. The Morgan fingerprint density at radius 1 is 1.47 bits per heavy atom. The summed E-state index contributed by atoms with van der Waals surface area (Å²) in [6.07, 6.45) is -2.16. The lowest BCUT2D eigenvalue weighted by Crippen LogP contribution is -2.05. The monoisotopic (exact) mass is 262 g/mol. The fourth-order valence-electron chi connectivity index (χ4n) is 1.43. The van der Waals surface area contributed by atoms with E-state index >= 15 is 0 Å². The van der Waals surface area contributed by atoms with Gasteiger partial charge in [-0.05, 0) is 18.9 Å². The first-order valence-electron chi connectivity index (χ1n) is 5.27. The molecule has 1 aromatic rings. The van der Waals surface area contributed by atoms with E-state index in [0.29, 0.717) is 18.6 Å². The van der Waals surface area contributed by atoms with Gasteiger partial charge in [-0.1, -0.05) is 29.8 Å². The zero-order valence-electron chi connectivity index (χ0n) is 9.38. The number of hydrogen-bond donors (Lipinski definition) is 0. The van der Waals surface area contributed by atoms with E-state index in [1.54, 1.807) is 13.0 Å². The first-order chi connectivity index (χ1) is 8.06. The molecule has 0 heterocycles. The second kappa shape index (κ2) is 6.55. The minimum atomic E-state index is -2.61. The number of rotatable bonds is 5. The van der Waals surface area contributed by atoms with Gasteiger partial charge in [-0.2, -0.15) is 0 Å². The number of carbonyl (C=O) groups excluding carboxylic acids is 1. The van der Waals surface area contributed by atoms with Crippen LogP contribution in [0.3, 0.4) is 0 Å². The van der Waals surface area contributed by atoms with Crippen LogP contribution in [-0.4, -0.2) is 12.6 Å². The van der Waals surface area contributed by atoms with Crippen molar-refractivity contribution in [3.63, 3.8) is 0 Å². The van der Waals surface area contributed by atoms with Gasteiger partial charge in [0.2, 0.25) is 0 Å². The molecular weight excluding hydrogens is 250 g/mol. The summed E-state index contributed by atoms with van der Waals surface area (Å²) in [4.78, 5) is 11.1. The zero-order valence-corrected chi connectivity index (χ0v) is 10.1. The molecule has 0 unspecified atom stereocenters. The molecule has 0 N–H and O–H groups in total. The summed E-state index contributed by atoms with van der Waals surface area (Å²) in [6, 6.07) is 4.42. The predicted octanol–water partition coefficient (Wildman–Crippen LogP) is 3.77. The summed E-state index contributed by atoms with van der Waals surface area (Å²) in [5, 5.41) is 0.0341. The molecule has 0 radical (unpaired) electrons. The van der Waals surface area contributed by atoms with Gasteiger partial charge in [-0.15, -0.1) is 0 Å². The smallest absolute Gasteiger partial charge is 0.306 e. The highest BCUT2D eigenvalue weighted by molar-refractivity contribution is 6.32. The van der Waals surface area contributed by atoms with Crippen LogP contribution < -0.4 is 0 Å². The number of aryl methyl sites for hydroxylation is 1. The Morgan fingerprint density at radius 3 is 2.76 bits per heavy atom. The van der Waals surface area contributed by atoms with Crippen molar-refractivity contribution >= 4 is 17.6 Å². The number of ether oxygens (including phenoxy) is 1. The Labute approximate surface area is 104 Å². The highest BCUT2D eigenvalue weighted by atomic mass is 35.5. The van der Waals surface area contributed by atoms with Gasteiger partial charge in [0, 0.05) is 12.0 Å². The largest absolute Gasteiger partial charge is 0.466 e. The summed E-state index contributed by atoms with van der Waals surface area (Å²) >= 11 is 5.83. The molecule has 0 fully saturated rings. The van der Waals surface area contributed by atoms with Gasteiger partial charge in [-0.3, -0.25) is 4.79 Å². The maximum Gasteiger partial charge on any atom is 0.306 e. The van der Waals surface area contributed by atoms with Crippen molar-refractivity contribution in [2.24, 2.45) is 0 Å². The van der Waals surface area contributed by atoms with Crippen LogP contribution in [0.25, 0.3) is 0 Å². The van der Waals surface area contributed by atoms with Crippen LogP contribution in [0.15, 0.2) is 18.2 Å². The maximum atomic E-state index is 12.6. The van der Waals surface area contributed by atoms with Crippen molar-refractivity contribution in [2.45, 2.75) is 26.2 Å². The second-order valence-electron chi connectivity index (χ2n) is 3.43. The maximum absolute atomic E-state index is 12.6. The topological polar surface area (TPSA) is 26.3 Å². The SMILES string of the molecule is CCOC(=O)CCc1cccc(C(F)F)c1Cl. The average Bonchev–Trinajstić information content (AvgIpc) is 2.27. The Morgan fingerprint density at radius 2 is 2.18 bits per heavy atom. The summed E-state index contributed by atoms with van der Waals surface area (Å²) in [5.74, 6) is -0.356. The van der Waals surface area contributed by atoms with Gasteiger partial charge in [0.15, 0.2) is 0 Å². The van der Waals surface area contributed by atoms with Crippen LogP contribution in [0.5, 0.6) is 0 Å². The van der Waals surface area contributed by atoms with Crippen molar-refractivity contribution in [1.82, 2.24) is 0 Å². The van der Waals surface area contributed by atoms with Crippen LogP contribution in [0.1, 0.15) is 30.9 Å². The predicted molar refractivity (Wildman–Crippen MR) is 61.4 cm³/mol. The summed E-state index contributed by atoms with van der Waals surface area (Å²) in [7, 11) is 0. The number of benzene rings is 1. The molecule has 1 aromatic carbocycles. The normalized spacial score (nSPS) is 10.6. The standard InChI is InChI=1S/C12H13ClF2O2/c1-2-17-10(16)7-6-8-4-3-5-9(11(8)13)12(14)15/h3-5,12H,2,6-7H2,1H3. The number of hydrogen-bond acceptors (Lipinski definition) is 2. The Hall–Kier alpha value is -1.16. The molecule has 0 spiro atoms. The van der Waals surface area contributed by atoms with Crippen molar-refractivity contribution in [3.8, 4) is 0 Å². The Bertz CT molecular complexity index is 394. The molecule has 0 saturated carbocycles. The molecule has 1 rings (SSSR count). The lowest BCUT2D eigenvalue weighted by atomic mass is 10.1. The van der Waals surface area contributed by atoms with Crippen LogP contribution in [0.2, 0.25) is 5.02 Å². The van der Waals surface area contributed by atoms with E-state index in [2.05, 4.69) is 0 Å². The molecule has 2 nitrogen and oxygen atoms in total. The van der Waals surface area contributed by atoms with Crippen molar-refractivity contribution in [3.05, 3.63) is 34.3 Å². The first kappa shape index (κ1) is 13.9. The van der Waals surface area contributed by atoms with E-state index in [-0.39, 0.29) is 23.0 Å². The van der Waals surface area contributed by atoms with Gasteiger partial charge in [0.05, 0.1) is 11.6 Å². The molecule has 0 atom stereocenters. The van der Waals surface area contributed by atoms with E-state index in [4.69, 9.17) is 16.3 Å². The third kappa shape index (κ3) is 3.97. The number of carbonyl (C=O) groups is 1. The molecule has 0 aliphatic rings. The van der Waals surface area contributed by atoms with Gasteiger partial charge < -0.3 is 4.74 Å². The van der Waals surface area contributed by atoms with E-state index < -0.39 is 6.43 Å².